The number of rotatable bonds is 8. The molecule has 0 amide bonds. The van der Waals surface area contributed by atoms with E-state index in [1.54, 1.807) is 6.92 Å². The Morgan fingerprint density at radius 3 is 2.42 bits per heavy atom. The summed E-state index contributed by atoms with van der Waals surface area (Å²) in [6, 6.07) is 8.43. The van der Waals surface area contributed by atoms with Gasteiger partial charge in [-0.1, -0.05) is 26.0 Å². The molecule has 2 unspecified atom stereocenters. The minimum Gasteiger partial charge on any atom is -0.491 e. The molecule has 3 nitrogen and oxygen atoms in total. The first kappa shape index (κ1) is 16.0. The molecular weight excluding hydrogens is 238 g/mol. The molecule has 19 heavy (non-hydrogen) atoms. The van der Waals surface area contributed by atoms with Crippen molar-refractivity contribution in [2.24, 2.45) is 0 Å². The molecule has 0 fully saturated rings. The lowest BCUT2D eigenvalue weighted by atomic mass is 10.1. The smallest absolute Gasteiger partial charge is 0.119 e. The summed E-state index contributed by atoms with van der Waals surface area (Å²) < 4.78 is 5.61. The number of ether oxygens (including phenoxy) is 1. The normalized spacial score (nSPS) is 15.8. The van der Waals surface area contributed by atoms with E-state index in [0.717, 1.165) is 18.7 Å². The minimum absolute atomic E-state index is 0.326. The lowest BCUT2D eigenvalue weighted by Gasteiger charge is -2.21. The van der Waals surface area contributed by atoms with Crippen molar-refractivity contribution in [3.8, 4) is 5.75 Å². The number of hydrogen-bond donors (Lipinski definition) is 2. The van der Waals surface area contributed by atoms with E-state index in [9.17, 15) is 5.11 Å². The summed E-state index contributed by atoms with van der Waals surface area (Å²) in [7, 11) is 0. The third-order valence-corrected chi connectivity index (χ3v) is 3.39. The highest BCUT2D eigenvalue weighted by Gasteiger charge is 2.18. The van der Waals surface area contributed by atoms with Gasteiger partial charge in [0.05, 0.1) is 5.60 Å². The molecular formula is C16H27NO2. The molecule has 0 aliphatic carbocycles. The predicted molar refractivity (Wildman–Crippen MR) is 79.6 cm³/mol. The number of benzene rings is 1. The lowest BCUT2D eigenvalue weighted by Crippen LogP contribution is -2.31. The predicted octanol–water partition coefficient (Wildman–Crippen LogP) is 3.29. The maximum atomic E-state index is 9.89. The zero-order chi connectivity index (χ0) is 14.3. The zero-order valence-corrected chi connectivity index (χ0v) is 12.6. The van der Waals surface area contributed by atoms with Crippen LogP contribution in [0.1, 0.15) is 52.1 Å². The van der Waals surface area contributed by atoms with E-state index < -0.39 is 5.60 Å². The van der Waals surface area contributed by atoms with Gasteiger partial charge in [0.25, 0.3) is 0 Å². The molecule has 2 N–H and O–H groups in total. The second kappa shape index (κ2) is 7.51. The molecule has 0 radical (unpaired) electrons. The fourth-order valence-corrected chi connectivity index (χ4v) is 1.67. The highest BCUT2D eigenvalue weighted by Crippen LogP contribution is 2.19. The van der Waals surface area contributed by atoms with Crippen molar-refractivity contribution in [2.45, 2.75) is 52.2 Å². The Morgan fingerprint density at radius 1 is 1.26 bits per heavy atom. The molecule has 0 heterocycles. The van der Waals surface area contributed by atoms with E-state index in [4.69, 9.17) is 4.74 Å². The maximum absolute atomic E-state index is 9.89. The fourth-order valence-electron chi connectivity index (χ4n) is 1.67. The third-order valence-electron chi connectivity index (χ3n) is 3.39. The first-order valence-corrected chi connectivity index (χ1v) is 7.17. The SMILES string of the molecule is CCCNC(C)c1ccc(OCC(C)(O)CC)cc1. The van der Waals surface area contributed by atoms with Crippen molar-refractivity contribution >= 4 is 0 Å². The van der Waals surface area contributed by atoms with Crippen molar-refractivity contribution in [3.63, 3.8) is 0 Å². The second-order valence-corrected chi connectivity index (χ2v) is 5.38. The number of aliphatic hydroxyl groups is 1. The lowest BCUT2D eigenvalue weighted by molar-refractivity contribution is 0.00846. The summed E-state index contributed by atoms with van der Waals surface area (Å²) in [5, 5.41) is 13.3. The molecule has 1 rings (SSSR count). The quantitative estimate of drug-likeness (QED) is 0.758. The van der Waals surface area contributed by atoms with E-state index in [2.05, 4.69) is 31.3 Å². The van der Waals surface area contributed by atoms with Crippen molar-refractivity contribution in [1.82, 2.24) is 5.32 Å². The topological polar surface area (TPSA) is 41.5 Å². The Labute approximate surface area is 117 Å². The van der Waals surface area contributed by atoms with Crippen LogP contribution >= 0.6 is 0 Å². The van der Waals surface area contributed by atoms with Gasteiger partial charge >= 0.3 is 0 Å². The Bertz CT molecular complexity index is 360. The standard InChI is InChI=1S/C16H27NO2/c1-5-11-17-13(3)14-7-9-15(10-8-14)19-12-16(4,18)6-2/h7-10,13,17-18H,5-6,11-12H2,1-4H3. The summed E-state index contributed by atoms with van der Waals surface area (Å²) in [5.41, 5.74) is 0.498. The largest absolute Gasteiger partial charge is 0.491 e. The third kappa shape index (κ3) is 5.62. The van der Waals surface area contributed by atoms with Crippen molar-refractivity contribution in [1.29, 1.82) is 0 Å². The van der Waals surface area contributed by atoms with Crippen LogP contribution < -0.4 is 10.1 Å². The zero-order valence-electron chi connectivity index (χ0n) is 12.6. The van der Waals surface area contributed by atoms with Gasteiger partial charge in [0, 0.05) is 6.04 Å². The van der Waals surface area contributed by atoms with Gasteiger partial charge in [0.2, 0.25) is 0 Å². The summed E-state index contributed by atoms with van der Waals surface area (Å²) in [6.07, 6.45) is 1.82. The van der Waals surface area contributed by atoms with Gasteiger partial charge in [-0.3, -0.25) is 0 Å². The average molecular weight is 265 g/mol. The summed E-state index contributed by atoms with van der Waals surface area (Å²) in [5.74, 6) is 0.806. The summed E-state index contributed by atoms with van der Waals surface area (Å²) in [4.78, 5) is 0. The molecule has 0 aliphatic rings. The van der Waals surface area contributed by atoms with Crippen molar-refractivity contribution in [2.75, 3.05) is 13.2 Å². The molecule has 3 heteroatoms. The van der Waals surface area contributed by atoms with Crippen LogP contribution in [-0.4, -0.2) is 23.9 Å². The van der Waals surface area contributed by atoms with Crippen LogP contribution in [0.2, 0.25) is 0 Å². The van der Waals surface area contributed by atoms with Crippen LogP contribution in [0.4, 0.5) is 0 Å². The molecule has 2 atom stereocenters. The van der Waals surface area contributed by atoms with E-state index in [1.165, 1.54) is 5.56 Å². The van der Waals surface area contributed by atoms with Crippen LogP contribution in [-0.2, 0) is 0 Å². The van der Waals surface area contributed by atoms with Crippen molar-refractivity contribution < 1.29 is 9.84 Å². The molecule has 108 valence electrons. The van der Waals surface area contributed by atoms with Crippen molar-refractivity contribution in [3.05, 3.63) is 29.8 Å². The molecule has 0 aromatic heterocycles. The summed E-state index contributed by atoms with van der Waals surface area (Å²) >= 11 is 0. The van der Waals surface area contributed by atoms with Crippen LogP contribution in [0, 0.1) is 0 Å². The Hall–Kier alpha value is -1.06. The van der Waals surface area contributed by atoms with Gasteiger partial charge < -0.3 is 15.2 Å². The molecule has 0 saturated heterocycles. The molecule has 1 aromatic carbocycles. The number of nitrogens with one attached hydrogen (secondary N) is 1. The first-order valence-electron chi connectivity index (χ1n) is 7.17. The Morgan fingerprint density at radius 2 is 1.89 bits per heavy atom. The fraction of sp³-hybridized carbons (Fsp3) is 0.625. The van der Waals surface area contributed by atoms with Crippen LogP contribution in [0.3, 0.4) is 0 Å². The van der Waals surface area contributed by atoms with Gasteiger partial charge in [0.15, 0.2) is 0 Å². The molecule has 0 aliphatic heterocycles. The summed E-state index contributed by atoms with van der Waals surface area (Å²) in [6.45, 7) is 9.42. The van der Waals surface area contributed by atoms with Crippen LogP contribution in [0.15, 0.2) is 24.3 Å². The van der Waals surface area contributed by atoms with E-state index >= 15 is 0 Å². The highest BCUT2D eigenvalue weighted by atomic mass is 16.5. The van der Waals surface area contributed by atoms with Gasteiger partial charge in [-0.25, -0.2) is 0 Å². The van der Waals surface area contributed by atoms with Crippen LogP contribution in [0.5, 0.6) is 5.75 Å². The van der Waals surface area contributed by atoms with Gasteiger partial charge in [0.1, 0.15) is 12.4 Å². The highest BCUT2D eigenvalue weighted by molar-refractivity contribution is 5.29. The molecule has 0 spiro atoms. The second-order valence-electron chi connectivity index (χ2n) is 5.38. The maximum Gasteiger partial charge on any atom is 0.119 e. The van der Waals surface area contributed by atoms with Gasteiger partial charge in [-0.05, 0) is 50.9 Å². The Balaban J connectivity index is 2.52. The molecule has 0 bridgehead atoms. The average Bonchev–Trinajstić information content (AvgIpc) is 2.43. The van der Waals surface area contributed by atoms with E-state index in [1.807, 2.05) is 19.1 Å². The van der Waals surface area contributed by atoms with Crippen LogP contribution in [0.25, 0.3) is 0 Å². The first-order chi connectivity index (χ1) is 8.98. The van der Waals surface area contributed by atoms with Gasteiger partial charge in [-0.2, -0.15) is 0 Å². The van der Waals surface area contributed by atoms with E-state index in [-0.39, 0.29) is 0 Å². The number of hydrogen-bond acceptors (Lipinski definition) is 3. The monoisotopic (exact) mass is 265 g/mol. The van der Waals surface area contributed by atoms with Gasteiger partial charge in [-0.15, -0.1) is 0 Å². The Kier molecular flexibility index (Phi) is 6.32. The molecule has 0 saturated carbocycles. The minimum atomic E-state index is -0.755. The van der Waals surface area contributed by atoms with E-state index in [0.29, 0.717) is 19.1 Å². The molecule has 1 aromatic rings.